The molecule has 0 bridgehead atoms. The largest absolute Gasteiger partial charge is 0.478 e. The highest BCUT2D eigenvalue weighted by Crippen LogP contribution is 2.35. The van der Waals surface area contributed by atoms with Gasteiger partial charge in [-0.15, -0.1) is 0 Å². The highest BCUT2D eigenvalue weighted by molar-refractivity contribution is 14.1. The van der Waals surface area contributed by atoms with Gasteiger partial charge >= 0.3 is 12.1 Å². The van der Waals surface area contributed by atoms with Crippen LogP contribution in [-0.4, -0.2) is 53.8 Å². The van der Waals surface area contributed by atoms with Crippen LogP contribution < -0.4 is 16.0 Å². The Bertz CT molecular complexity index is 1060. The number of hydrogen-bond donors (Lipinski definition) is 5. The molecule has 0 atom stereocenters. The van der Waals surface area contributed by atoms with Crippen molar-refractivity contribution >= 4 is 97.3 Å². The predicted octanol–water partition coefficient (Wildman–Crippen LogP) is 2.79. The number of aliphatic hydroxyl groups is 1. The van der Waals surface area contributed by atoms with Crippen LogP contribution in [0.5, 0.6) is 0 Å². The fraction of sp³-hybridized carbons (Fsp3) is 0.200. The average Bonchev–Trinajstić information content (AvgIpc) is 2.78. The van der Waals surface area contributed by atoms with E-state index in [1.807, 2.05) is 28.7 Å². The summed E-state index contributed by atoms with van der Waals surface area (Å²) in [5, 5.41) is 26.0. The van der Waals surface area contributed by atoms with Gasteiger partial charge in [0.1, 0.15) is 13.2 Å². The Morgan fingerprint density at radius 2 is 1.55 bits per heavy atom. The molecule has 0 heterocycles. The van der Waals surface area contributed by atoms with E-state index in [2.05, 4.69) is 16.0 Å². The van der Waals surface area contributed by atoms with Gasteiger partial charge in [-0.2, -0.15) is 0 Å². The van der Waals surface area contributed by atoms with E-state index in [4.69, 9.17) is 9.84 Å². The van der Waals surface area contributed by atoms with E-state index in [0.29, 0.717) is 3.57 Å². The lowest BCUT2D eigenvalue weighted by Gasteiger charge is -2.18. The number of aromatic carboxylic acids is 1. The average molecular weight is 793 g/mol. The Morgan fingerprint density at radius 3 is 2.15 bits per heavy atom. The number of nitrogens with one attached hydrogen (secondary N) is 3. The first-order valence-corrected chi connectivity index (χ1v) is 12.5. The second-order valence-electron chi connectivity index (χ2n) is 6.32. The fourth-order valence-electron chi connectivity index (χ4n) is 2.53. The van der Waals surface area contributed by atoms with Crippen molar-refractivity contribution in [3.05, 3.63) is 57.7 Å². The van der Waals surface area contributed by atoms with Crippen molar-refractivity contribution in [1.29, 1.82) is 0 Å². The molecule has 0 aliphatic carbocycles. The number of carbonyl (C=O) groups is 4. The van der Waals surface area contributed by atoms with Gasteiger partial charge in [-0.3, -0.25) is 9.59 Å². The number of carboxylic acid groups (broad SMARTS) is 1. The lowest BCUT2D eigenvalue weighted by Crippen LogP contribution is -2.34. The molecule has 3 amide bonds. The van der Waals surface area contributed by atoms with E-state index in [-0.39, 0.29) is 43.7 Å². The van der Waals surface area contributed by atoms with Crippen molar-refractivity contribution < 1.29 is 34.1 Å². The van der Waals surface area contributed by atoms with Crippen LogP contribution in [0.3, 0.4) is 0 Å². The lowest BCUT2D eigenvalue weighted by atomic mass is 10.1. The van der Waals surface area contributed by atoms with Crippen molar-refractivity contribution in [2.75, 3.05) is 25.0 Å². The molecule has 2 aromatic rings. The molecule has 0 aliphatic rings. The Kier molecular flexibility index (Phi) is 11.0. The van der Waals surface area contributed by atoms with E-state index in [1.54, 1.807) is 69.4 Å². The highest BCUT2D eigenvalue weighted by Gasteiger charge is 2.28. The first-order valence-electron chi connectivity index (χ1n) is 9.24. The van der Waals surface area contributed by atoms with Gasteiger partial charge in [0.25, 0.3) is 5.91 Å². The molecule has 0 saturated carbocycles. The Balaban J connectivity index is 2.15. The van der Waals surface area contributed by atoms with E-state index in [1.165, 1.54) is 0 Å². The first-order chi connectivity index (χ1) is 15.7. The Labute approximate surface area is 229 Å². The molecule has 2 aromatic carbocycles. The van der Waals surface area contributed by atoms with Crippen LogP contribution >= 0.6 is 67.8 Å². The summed E-state index contributed by atoms with van der Waals surface area (Å²) in [4.78, 5) is 48.7. The molecule has 10 nitrogen and oxygen atoms in total. The number of benzene rings is 2. The molecule has 2 rings (SSSR count). The number of rotatable bonds is 9. The third-order valence-electron chi connectivity index (χ3n) is 4.03. The normalized spacial score (nSPS) is 10.3. The Morgan fingerprint density at radius 1 is 0.909 bits per heavy atom. The number of halogens is 3. The second kappa shape index (κ2) is 13.2. The van der Waals surface area contributed by atoms with Crippen LogP contribution in [0.1, 0.15) is 26.3 Å². The van der Waals surface area contributed by atoms with Gasteiger partial charge in [-0.05, 0) is 73.3 Å². The van der Waals surface area contributed by atoms with Gasteiger partial charge in [-0.1, -0.05) is 30.3 Å². The monoisotopic (exact) mass is 793 g/mol. The molecule has 0 radical (unpaired) electrons. The standard InChI is InChI=1S/C20H18I3N3O7/c21-14-12(18(29)24-6-7-27)15(22)17(16(23)13(14)19(30)31)26-11(28)8-25-20(32)33-9-10-4-2-1-3-5-10/h1-5,27H,6-9H2,(H,24,29)(H,25,32)(H,26,28)(H,30,31). The summed E-state index contributed by atoms with van der Waals surface area (Å²) in [5.41, 5.74) is 0.838. The van der Waals surface area contributed by atoms with E-state index in [0.717, 1.165) is 5.56 Å². The molecule has 13 heteroatoms. The molecule has 0 aromatic heterocycles. The molecule has 0 aliphatic heterocycles. The van der Waals surface area contributed by atoms with Crippen molar-refractivity contribution in [1.82, 2.24) is 10.6 Å². The topological polar surface area (TPSA) is 154 Å². The first kappa shape index (κ1) is 27.5. The molecule has 0 fully saturated rings. The number of carboxylic acids is 1. The summed E-state index contributed by atoms with van der Waals surface area (Å²) in [6.45, 7) is -0.698. The summed E-state index contributed by atoms with van der Waals surface area (Å²) >= 11 is 5.39. The number of carbonyl (C=O) groups excluding carboxylic acids is 3. The van der Waals surface area contributed by atoms with Gasteiger partial charge in [-0.25, -0.2) is 9.59 Å². The number of amides is 3. The molecule has 0 unspecified atom stereocenters. The van der Waals surface area contributed by atoms with Crippen molar-refractivity contribution in [3.8, 4) is 0 Å². The quantitative estimate of drug-likeness (QED) is 0.245. The maximum Gasteiger partial charge on any atom is 0.407 e. The minimum Gasteiger partial charge on any atom is -0.478 e. The van der Waals surface area contributed by atoms with Crippen LogP contribution in [0.2, 0.25) is 0 Å². The minimum absolute atomic E-state index is 0.0178. The zero-order valence-electron chi connectivity index (χ0n) is 16.8. The smallest absolute Gasteiger partial charge is 0.407 e. The van der Waals surface area contributed by atoms with Gasteiger partial charge in [0.15, 0.2) is 0 Å². The second-order valence-corrected chi connectivity index (χ2v) is 9.55. The molecular formula is C20H18I3N3O7. The van der Waals surface area contributed by atoms with Crippen LogP contribution in [0.15, 0.2) is 30.3 Å². The number of anilines is 1. The van der Waals surface area contributed by atoms with Crippen LogP contribution in [-0.2, 0) is 16.1 Å². The molecule has 0 spiro atoms. The SMILES string of the molecule is O=C(CNC(=O)OCc1ccccc1)Nc1c(I)c(C(=O)O)c(I)c(C(=O)NCCO)c1I. The zero-order valence-corrected chi connectivity index (χ0v) is 23.3. The maximum absolute atomic E-state index is 12.6. The highest BCUT2D eigenvalue weighted by atomic mass is 127. The summed E-state index contributed by atoms with van der Waals surface area (Å²) in [6.07, 6.45) is -0.795. The maximum atomic E-state index is 12.6. The van der Waals surface area contributed by atoms with E-state index < -0.39 is 30.4 Å². The van der Waals surface area contributed by atoms with E-state index in [9.17, 15) is 24.3 Å². The number of ether oxygens (including phenoxy) is 1. The molecular weight excluding hydrogens is 775 g/mol. The number of alkyl carbamates (subject to hydrolysis) is 1. The summed E-state index contributed by atoms with van der Waals surface area (Å²) < 4.78 is 5.79. The summed E-state index contributed by atoms with van der Waals surface area (Å²) in [5.74, 6) is -2.49. The van der Waals surface area contributed by atoms with Crippen molar-refractivity contribution in [2.24, 2.45) is 0 Å². The van der Waals surface area contributed by atoms with Gasteiger partial charge < -0.3 is 30.9 Å². The molecule has 33 heavy (non-hydrogen) atoms. The van der Waals surface area contributed by atoms with E-state index >= 15 is 0 Å². The Hall–Kier alpha value is -1.73. The third-order valence-corrected chi connectivity index (χ3v) is 7.26. The van der Waals surface area contributed by atoms with Crippen molar-refractivity contribution in [2.45, 2.75) is 6.61 Å². The fourth-order valence-corrected chi connectivity index (χ4v) is 6.92. The number of hydrogen-bond acceptors (Lipinski definition) is 6. The zero-order chi connectivity index (χ0) is 24.5. The summed E-state index contributed by atoms with van der Waals surface area (Å²) in [6, 6.07) is 9.01. The number of aliphatic hydroxyl groups excluding tert-OH is 1. The van der Waals surface area contributed by atoms with Gasteiger partial charge in [0, 0.05) is 10.1 Å². The third kappa shape index (κ3) is 7.64. The molecule has 0 saturated heterocycles. The van der Waals surface area contributed by atoms with Crippen LogP contribution in [0, 0.1) is 10.7 Å². The van der Waals surface area contributed by atoms with Crippen LogP contribution in [0.4, 0.5) is 10.5 Å². The minimum atomic E-state index is -1.27. The van der Waals surface area contributed by atoms with Crippen LogP contribution in [0.25, 0.3) is 0 Å². The van der Waals surface area contributed by atoms with Gasteiger partial charge in [0.05, 0.1) is 30.6 Å². The summed E-state index contributed by atoms with van der Waals surface area (Å²) in [7, 11) is 0. The molecule has 5 N–H and O–H groups in total. The lowest BCUT2D eigenvalue weighted by molar-refractivity contribution is -0.115. The molecule has 176 valence electrons. The van der Waals surface area contributed by atoms with Crippen molar-refractivity contribution in [3.63, 3.8) is 0 Å². The van der Waals surface area contributed by atoms with Gasteiger partial charge in [0.2, 0.25) is 5.91 Å². The predicted molar refractivity (Wildman–Crippen MR) is 144 cm³/mol.